The minimum absolute atomic E-state index is 0.0508. The van der Waals surface area contributed by atoms with Gasteiger partial charge in [0.25, 0.3) is 0 Å². The van der Waals surface area contributed by atoms with Crippen molar-refractivity contribution in [2.24, 2.45) is 16.2 Å². The van der Waals surface area contributed by atoms with E-state index in [0.29, 0.717) is 41.8 Å². The zero-order chi connectivity index (χ0) is 59.5. The van der Waals surface area contributed by atoms with Crippen LogP contribution < -0.4 is 35.8 Å². The molecule has 82 heavy (non-hydrogen) atoms. The molecule has 2 unspecified atom stereocenters. The van der Waals surface area contributed by atoms with Crippen molar-refractivity contribution in [1.29, 1.82) is 0 Å². The van der Waals surface area contributed by atoms with Crippen LogP contribution in [0.25, 0.3) is 0 Å². The molecule has 4 atom stereocenters. The van der Waals surface area contributed by atoms with Crippen LogP contribution in [-0.4, -0.2) is 120 Å². The molecule has 460 valence electrons. The molecule has 8 rings (SSSR count). The lowest BCUT2D eigenvalue weighted by molar-refractivity contribution is -0.0900. The summed E-state index contributed by atoms with van der Waals surface area (Å²) in [6.45, 7) is 50.6. The molecule has 3 aliphatic heterocycles. The zero-order valence-electron chi connectivity index (χ0n) is 55.6. The molecular weight excluding hydrogens is 1010 g/mol. The summed E-state index contributed by atoms with van der Waals surface area (Å²) in [4.78, 5) is 12.5. The van der Waals surface area contributed by atoms with Crippen molar-refractivity contribution in [2.45, 2.75) is 291 Å². The number of ether oxygens (including phenoxy) is 2. The molecule has 4 N–H and O–H groups in total. The predicted octanol–water partition coefficient (Wildman–Crippen LogP) is 14.5. The van der Waals surface area contributed by atoms with E-state index in [4.69, 9.17) is 9.47 Å². The number of piperidine rings is 1. The van der Waals surface area contributed by atoms with Crippen LogP contribution in [0, 0.1) is 16.2 Å². The molecule has 3 aromatic rings. The van der Waals surface area contributed by atoms with E-state index in [9.17, 15) is 0 Å². The van der Waals surface area contributed by atoms with Gasteiger partial charge >= 0.3 is 0 Å². The number of nitrogens with zero attached hydrogens (tertiary/aromatic N) is 4. The van der Waals surface area contributed by atoms with Gasteiger partial charge in [-0.15, -0.1) is 0 Å². The summed E-state index contributed by atoms with van der Waals surface area (Å²) in [7, 11) is 0. The molecule has 2 aromatic carbocycles. The Balaban J connectivity index is 0.951. The average Bonchev–Trinajstić information content (AvgIpc) is 4.13. The number of hydrogen-bond acceptors (Lipinski definition) is 10. The lowest BCUT2D eigenvalue weighted by atomic mass is 9.70. The Hall–Kier alpha value is -3.25. The van der Waals surface area contributed by atoms with Crippen molar-refractivity contribution < 1.29 is 9.47 Å². The highest BCUT2D eigenvalue weighted by Crippen LogP contribution is 2.42. The molecule has 10 nitrogen and oxygen atoms in total. The van der Waals surface area contributed by atoms with Gasteiger partial charge in [0.05, 0.1) is 12.2 Å². The fourth-order valence-electron chi connectivity index (χ4n) is 14.9. The van der Waals surface area contributed by atoms with Gasteiger partial charge in [0.2, 0.25) is 5.88 Å². The largest absolute Gasteiger partial charge is 0.474 e. The second kappa shape index (κ2) is 26.0. The molecule has 1 aromatic heterocycles. The van der Waals surface area contributed by atoms with Gasteiger partial charge in [-0.1, -0.05) is 93.5 Å². The molecule has 0 radical (unpaired) electrons. The van der Waals surface area contributed by atoms with Crippen LogP contribution >= 0.6 is 0 Å². The monoisotopic (exact) mass is 1130 g/mol. The number of aromatic nitrogens is 1. The van der Waals surface area contributed by atoms with Crippen molar-refractivity contribution in [3.63, 3.8) is 0 Å². The SMILES string of the molecule is CC(C)(C)CN1CCC(OC2CC(NC(C)(CCC(C)(CCC(C)(C)Cc3ccc(N4CC[C@@H](NC(C)(C)C)C4)cc3)NC3CC(Oc4cc(C(C)(C)C)ccn4)C3)CC(C)(C)Cc3ccc(N4CC[C@H](NC(C)(C)C)C4)cc3)C2)CC1. The van der Waals surface area contributed by atoms with E-state index in [1.807, 2.05) is 6.20 Å². The highest BCUT2D eigenvalue weighted by molar-refractivity contribution is 5.50. The summed E-state index contributed by atoms with van der Waals surface area (Å²) in [5.74, 6) is 0.759. The molecule has 5 fully saturated rings. The molecule has 0 bridgehead atoms. The Morgan fingerprint density at radius 1 is 0.488 bits per heavy atom. The van der Waals surface area contributed by atoms with Gasteiger partial charge in [0.1, 0.15) is 6.10 Å². The van der Waals surface area contributed by atoms with Crippen molar-refractivity contribution >= 4 is 11.4 Å². The molecular formula is C72H120N8O2. The maximum absolute atomic E-state index is 6.90. The van der Waals surface area contributed by atoms with Gasteiger partial charge in [0.15, 0.2) is 0 Å². The predicted molar refractivity (Wildman–Crippen MR) is 348 cm³/mol. The first-order chi connectivity index (χ1) is 38.1. The van der Waals surface area contributed by atoms with Crippen LogP contribution in [-0.2, 0) is 23.0 Å². The first kappa shape index (κ1) is 64.7. The van der Waals surface area contributed by atoms with Gasteiger partial charge < -0.3 is 45.4 Å². The lowest BCUT2D eigenvalue weighted by Gasteiger charge is -2.49. The van der Waals surface area contributed by atoms with E-state index >= 15 is 0 Å². The van der Waals surface area contributed by atoms with Crippen LogP contribution in [0.5, 0.6) is 5.88 Å². The summed E-state index contributed by atoms with van der Waals surface area (Å²) in [6.07, 6.45) is 19.5. The number of pyridine rings is 1. The highest BCUT2D eigenvalue weighted by Gasteiger charge is 2.43. The molecule has 3 saturated heterocycles. The highest BCUT2D eigenvalue weighted by atomic mass is 16.5. The minimum Gasteiger partial charge on any atom is -0.474 e. The third-order valence-electron chi connectivity index (χ3n) is 18.9. The van der Waals surface area contributed by atoms with Crippen molar-refractivity contribution in [3.05, 3.63) is 83.6 Å². The summed E-state index contributed by atoms with van der Waals surface area (Å²) in [5.41, 5.74) is 7.61. The first-order valence-electron chi connectivity index (χ1n) is 32.9. The second-order valence-corrected chi connectivity index (χ2v) is 33.8. The number of nitrogens with one attached hydrogen (secondary N) is 4. The van der Waals surface area contributed by atoms with Crippen LogP contribution in [0.2, 0.25) is 0 Å². The Kier molecular flexibility index (Phi) is 20.5. The number of rotatable bonds is 25. The van der Waals surface area contributed by atoms with Gasteiger partial charge in [-0.05, 0) is 220 Å². The fraction of sp³-hybridized carbons (Fsp3) is 0.764. The third-order valence-corrected chi connectivity index (χ3v) is 18.9. The van der Waals surface area contributed by atoms with Gasteiger partial charge in [0, 0.05) is 116 Å². The number of likely N-dealkylation sites (tertiary alicyclic amines) is 1. The summed E-state index contributed by atoms with van der Waals surface area (Å²) >= 11 is 0. The summed E-state index contributed by atoms with van der Waals surface area (Å²) in [5, 5.41) is 16.5. The molecule has 10 heteroatoms. The maximum Gasteiger partial charge on any atom is 0.213 e. The van der Waals surface area contributed by atoms with Gasteiger partial charge in [-0.3, -0.25) is 0 Å². The number of hydrogen-bond donors (Lipinski definition) is 4. The topological polar surface area (TPSA) is 89.2 Å². The molecule has 0 amide bonds. The van der Waals surface area contributed by atoms with Gasteiger partial charge in [-0.2, -0.15) is 0 Å². The van der Waals surface area contributed by atoms with Crippen LogP contribution in [0.4, 0.5) is 11.4 Å². The Bertz CT molecular complexity index is 2440. The molecule has 4 heterocycles. The van der Waals surface area contributed by atoms with Gasteiger partial charge in [-0.25, -0.2) is 4.98 Å². The van der Waals surface area contributed by atoms with E-state index in [1.165, 1.54) is 47.5 Å². The summed E-state index contributed by atoms with van der Waals surface area (Å²) in [6, 6.07) is 25.5. The molecule has 2 aliphatic carbocycles. The molecule has 2 saturated carbocycles. The zero-order valence-corrected chi connectivity index (χ0v) is 55.6. The Morgan fingerprint density at radius 2 is 0.963 bits per heavy atom. The van der Waals surface area contributed by atoms with E-state index in [1.54, 1.807) is 0 Å². The van der Waals surface area contributed by atoms with E-state index < -0.39 is 0 Å². The average molecular weight is 1130 g/mol. The molecule has 5 aliphatic rings. The maximum atomic E-state index is 6.90. The smallest absolute Gasteiger partial charge is 0.213 e. The van der Waals surface area contributed by atoms with Crippen molar-refractivity contribution in [2.75, 3.05) is 55.6 Å². The second-order valence-electron chi connectivity index (χ2n) is 33.8. The van der Waals surface area contributed by atoms with Crippen LogP contribution in [0.1, 0.15) is 225 Å². The Labute approximate surface area is 502 Å². The minimum atomic E-state index is -0.0602. The third kappa shape index (κ3) is 20.2. The quantitative estimate of drug-likeness (QED) is 0.0658. The first-order valence-corrected chi connectivity index (χ1v) is 32.9. The normalized spacial score (nSPS) is 25.2. The van der Waals surface area contributed by atoms with Crippen LogP contribution in [0.15, 0.2) is 66.9 Å². The van der Waals surface area contributed by atoms with E-state index in [2.05, 4.69) is 226 Å². The van der Waals surface area contributed by atoms with Crippen molar-refractivity contribution in [3.8, 4) is 5.88 Å². The standard InChI is InChI=1S/C72H120N8O2/c1-65(2,3)51-78-37-30-61(31-38-78)81-62-42-58(43-62)77-72(18,50-70(15,16)47-53-21-25-60(26-22-53)80-40-29-56(49-80)75-68(10,11)12)35-34-71(17,76-57-44-63(45-57)82-64-41-54(27-36-73-64)66(4,5)6)33-32-69(13,14)46-52-19-23-59(24-20-52)79-39-28-55(48-79)74-67(7,8)9/h19-27,36,41,55-58,61-63,74-77H,28-35,37-40,42-51H2,1-18H3/t55-,56+,57?,58?,62?,63?,71?,72?/m1/s1. The Morgan fingerprint density at radius 3 is 1.46 bits per heavy atom. The number of benzene rings is 2. The van der Waals surface area contributed by atoms with Crippen LogP contribution in [0.3, 0.4) is 0 Å². The van der Waals surface area contributed by atoms with Crippen molar-refractivity contribution in [1.82, 2.24) is 31.2 Å². The van der Waals surface area contributed by atoms with E-state index in [0.717, 1.165) is 129 Å². The lowest BCUT2D eigenvalue weighted by Crippen LogP contribution is -2.59. The number of anilines is 2. The van der Waals surface area contributed by atoms with E-state index in [-0.39, 0.29) is 44.5 Å². The fourth-order valence-corrected chi connectivity index (χ4v) is 14.9. The summed E-state index contributed by atoms with van der Waals surface area (Å²) < 4.78 is 13.5. The molecule has 0 spiro atoms.